The molecule has 0 heteroatoms. The van der Waals surface area contributed by atoms with Crippen LogP contribution in [0.1, 0.15) is 65.2 Å². The zero-order chi connectivity index (χ0) is 8.81. The lowest BCUT2D eigenvalue weighted by Crippen LogP contribution is -2.13. The summed E-state index contributed by atoms with van der Waals surface area (Å²) >= 11 is 0. The molecule has 1 radical (unpaired) electrons. The van der Waals surface area contributed by atoms with Gasteiger partial charge in [-0.25, -0.2) is 0 Å². The topological polar surface area (TPSA) is 0 Å². The second-order valence-electron chi connectivity index (χ2n) is 4.28. The average molecular weight is 167 g/mol. The molecule has 1 aliphatic rings. The molecule has 0 unspecified atom stereocenters. The van der Waals surface area contributed by atoms with E-state index in [0.717, 1.165) is 5.92 Å². The monoisotopic (exact) mass is 167 g/mol. The predicted octanol–water partition coefficient (Wildman–Crippen LogP) is 4.35. The maximum absolute atomic E-state index is 2.38. The normalized spacial score (nSPS) is 20.2. The highest BCUT2D eigenvalue weighted by Gasteiger charge is 2.19. The summed E-state index contributed by atoms with van der Waals surface area (Å²) in [6, 6.07) is 0. The molecule has 12 heavy (non-hydrogen) atoms. The van der Waals surface area contributed by atoms with Crippen LogP contribution in [0.15, 0.2) is 0 Å². The van der Waals surface area contributed by atoms with Crippen molar-refractivity contribution in [3.63, 3.8) is 0 Å². The van der Waals surface area contributed by atoms with Crippen LogP contribution < -0.4 is 0 Å². The first-order valence-electron chi connectivity index (χ1n) is 5.67. The van der Waals surface area contributed by atoms with Crippen LogP contribution in [0.2, 0.25) is 0 Å². The summed E-state index contributed by atoms with van der Waals surface area (Å²) in [6.45, 7) is 4.67. The fourth-order valence-corrected chi connectivity index (χ4v) is 2.26. The van der Waals surface area contributed by atoms with Gasteiger partial charge >= 0.3 is 0 Å². The molecular formula is C12H23. The van der Waals surface area contributed by atoms with E-state index < -0.39 is 0 Å². The summed E-state index contributed by atoms with van der Waals surface area (Å²) in [6.07, 6.45) is 11.6. The molecule has 0 aromatic rings. The van der Waals surface area contributed by atoms with Crippen molar-refractivity contribution in [3.05, 3.63) is 5.92 Å². The Morgan fingerprint density at radius 2 is 1.83 bits per heavy atom. The molecular weight excluding hydrogens is 144 g/mol. The van der Waals surface area contributed by atoms with E-state index in [9.17, 15) is 0 Å². The Kier molecular flexibility index (Phi) is 4.72. The van der Waals surface area contributed by atoms with E-state index in [4.69, 9.17) is 0 Å². The molecule has 0 bridgehead atoms. The molecule has 0 aliphatic heterocycles. The van der Waals surface area contributed by atoms with Crippen molar-refractivity contribution in [1.82, 2.24) is 0 Å². The molecule has 0 N–H and O–H groups in total. The average Bonchev–Trinajstić information content (AvgIpc) is 2.15. The van der Waals surface area contributed by atoms with Gasteiger partial charge in [0, 0.05) is 0 Å². The fourth-order valence-electron chi connectivity index (χ4n) is 2.26. The molecule has 0 aromatic carbocycles. The number of hydrogen-bond donors (Lipinski definition) is 0. The number of unbranched alkanes of at least 4 members (excludes halogenated alkanes) is 1. The molecule has 71 valence electrons. The molecule has 1 aliphatic carbocycles. The highest BCUT2D eigenvalue weighted by atomic mass is 14.2. The van der Waals surface area contributed by atoms with E-state index in [1.807, 2.05) is 0 Å². The van der Waals surface area contributed by atoms with Crippen molar-refractivity contribution in [2.75, 3.05) is 0 Å². The molecule has 0 heterocycles. The molecule has 1 saturated carbocycles. The van der Waals surface area contributed by atoms with Crippen LogP contribution in [0.3, 0.4) is 0 Å². The van der Waals surface area contributed by atoms with Gasteiger partial charge in [0.25, 0.3) is 0 Å². The van der Waals surface area contributed by atoms with E-state index in [1.54, 1.807) is 5.92 Å². The van der Waals surface area contributed by atoms with Gasteiger partial charge in [0.15, 0.2) is 0 Å². The molecule has 1 fully saturated rings. The second-order valence-corrected chi connectivity index (χ2v) is 4.28. The van der Waals surface area contributed by atoms with Crippen LogP contribution in [-0.4, -0.2) is 0 Å². The molecule has 0 atom stereocenters. The molecule has 0 amide bonds. The van der Waals surface area contributed by atoms with Gasteiger partial charge in [-0.05, 0) is 31.1 Å². The Morgan fingerprint density at radius 1 is 1.17 bits per heavy atom. The Hall–Kier alpha value is 0. The quantitative estimate of drug-likeness (QED) is 0.584. The molecule has 0 nitrogen and oxygen atoms in total. The van der Waals surface area contributed by atoms with Crippen molar-refractivity contribution in [2.45, 2.75) is 65.2 Å². The van der Waals surface area contributed by atoms with Crippen LogP contribution in [0, 0.1) is 11.8 Å². The minimum Gasteiger partial charge on any atom is -0.0654 e. The van der Waals surface area contributed by atoms with Gasteiger partial charge in [-0.3, -0.25) is 0 Å². The fraction of sp³-hybridized carbons (Fsp3) is 0.917. The standard InChI is InChI=1S/C12H23/c1-3-4-8-11(2)12-9-6-5-7-10-12/h12H,3-10H2,1-2H3. The van der Waals surface area contributed by atoms with E-state index in [0.29, 0.717) is 0 Å². The van der Waals surface area contributed by atoms with Gasteiger partial charge in [-0.15, -0.1) is 0 Å². The second kappa shape index (κ2) is 5.61. The third-order valence-electron chi connectivity index (χ3n) is 3.23. The summed E-state index contributed by atoms with van der Waals surface area (Å²) in [5.74, 6) is 2.78. The predicted molar refractivity (Wildman–Crippen MR) is 55.0 cm³/mol. The Morgan fingerprint density at radius 3 is 2.42 bits per heavy atom. The SMILES string of the molecule is CCCC[C](C)C1CCCCC1. The smallest absolute Gasteiger partial charge is 0.0241 e. The minimum atomic E-state index is 0.991. The third kappa shape index (κ3) is 3.16. The van der Waals surface area contributed by atoms with Gasteiger partial charge in [0.1, 0.15) is 0 Å². The van der Waals surface area contributed by atoms with Crippen molar-refractivity contribution >= 4 is 0 Å². The Labute approximate surface area is 77.7 Å². The van der Waals surface area contributed by atoms with Crippen molar-refractivity contribution < 1.29 is 0 Å². The van der Waals surface area contributed by atoms with E-state index in [1.165, 1.54) is 51.4 Å². The zero-order valence-corrected chi connectivity index (χ0v) is 8.73. The first-order chi connectivity index (χ1) is 5.84. The summed E-state index contributed by atoms with van der Waals surface area (Å²) in [5.41, 5.74) is 0. The summed E-state index contributed by atoms with van der Waals surface area (Å²) in [7, 11) is 0. The largest absolute Gasteiger partial charge is 0.0654 e. The lowest BCUT2D eigenvalue weighted by molar-refractivity contribution is 0.356. The van der Waals surface area contributed by atoms with Gasteiger partial charge in [0.2, 0.25) is 0 Å². The van der Waals surface area contributed by atoms with E-state index in [-0.39, 0.29) is 0 Å². The van der Waals surface area contributed by atoms with Crippen LogP contribution in [0.4, 0.5) is 0 Å². The summed E-state index contributed by atoms with van der Waals surface area (Å²) < 4.78 is 0. The van der Waals surface area contributed by atoms with Gasteiger partial charge < -0.3 is 0 Å². The van der Waals surface area contributed by atoms with Crippen LogP contribution in [-0.2, 0) is 0 Å². The van der Waals surface area contributed by atoms with E-state index >= 15 is 0 Å². The summed E-state index contributed by atoms with van der Waals surface area (Å²) in [4.78, 5) is 0. The first-order valence-corrected chi connectivity index (χ1v) is 5.67. The minimum absolute atomic E-state index is 0.991. The molecule has 0 spiro atoms. The van der Waals surface area contributed by atoms with E-state index in [2.05, 4.69) is 13.8 Å². The molecule has 0 aromatic heterocycles. The van der Waals surface area contributed by atoms with Crippen molar-refractivity contribution in [2.24, 2.45) is 5.92 Å². The third-order valence-corrected chi connectivity index (χ3v) is 3.23. The lowest BCUT2D eigenvalue weighted by atomic mass is 9.79. The highest BCUT2D eigenvalue weighted by molar-refractivity contribution is 4.92. The van der Waals surface area contributed by atoms with Crippen LogP contribution >= 0.6 is 0 Å². The highest BCUT2D eigenvalue weighted by Crippen LogP contribution is 2.33. The van der Waals surface area contributed by atoms with Crippen molar-refractivity contribution in [1.29, 1.82) is 0 Å². The van der Waals surface area contributed by atoms with Gasteiger partial charge in [-0.1, -0.05) is 46.0 Å². The van der Waals surface area contributed by atoms with Crippen LogP contribution in [0.25, 0.3) is 0 Å². The maximum Gasteiger partial charge on any atom is -0.0241 e. The number of rotatable bonds is 4. The molecule has 1 rings (SSSR count). The maximum atomic E-state index is 2.38. The Balaban J connectivity index is 2.15. The zero-order valence-electron chi connectivity index (χ0n) is 8.73. The molecule has 0 saturated heterocycles. The lowest BCUT2D eigenvalue weighted by Gasteiger charge is -2.27. The van der Waals surface area contributed by atoms with Crippen molar-refractivity contribution in [3.8, 4) is 0 Å². The van der Waals surface area contributed by atoms with Gasteiger partial charge in [-0.2, -0.15) is 0 Å². The van der Waals surface area contributed by atoms with Gasteiger partial charge in [0.05, 0.1) is 0 Å². The first kappa shape index (κ1) is 10.1. The number of hydrogen-bond acceptors (Lipinski definition) is 0. The van der Waals surface area contributed by atoms with Crippen LogP contribution in [0.5, 0.6) is 0 Å². The summed E-state index contributed by atoms with van der Waals surface area (Å²) in [5, 5.41) is 0. The Bertz CT molecular complexity index is 101.